The van der Waals surface area contributed by atoms with Crippen LogP contribution in [-0.2, 0) is 11.3 Å². The number of aromatic amines is 1. The molecule has 0 aromatic carbocycles. The lowest BCUT2D eigenvalue weighted by molar-refractivity contribution is 0.0495. The highest BCUT2D eigenvalue weighted by Gasteiger charge is 2.03. The topological polar surface area (TPSA) is 79.3 Å². The number of aromatic nitrogens is 2. The first kappa shape index (κ1) is 13.7. The maximum Gasteiger partial charge on any atom is 0.325 e. The number of aliphatic hydroxyl groups excluding tert-OH is 1. The van der Waals surface area contributed by atoms with Gasteiger partial charge in [0.05, 0.1) is 19.3 Å². The summed E-state index contributed by atoms with van der Waals surface area (Å²) in [6, 6.07) is 0. The minimum absolute atomic E-state index is 0.123. The van der Waals surface area contributed by atoms with Crippen molar-refractivity contribution in [2.75, 3.05) is 26.3 Å². The van der Waals surface area contributed by atoms with Gasteiger partial charge in [-0.25, -0.2) is 4.79 Å². The van der Waals surface area contributed by atoms with Crippen LogP contribution in [0.4, 0.5) is 0 Å². The Kier molecular flexibility index (Phi) is 6.31. The van der Waals surface area contributed by atoms with Gasteiger partial charge in [-0.05, 0) is 0 Å². The van der Waals surface area contributed by atoms with E-state index < -0.39 is 6.10 Å². The lowest BCUT2D eigenvalue weighted by Crippen LogP contribution is -2.33. The summed E-state index contributed by atoms with van der Waals surface area (Å²) >= 11 is 0. The molecule has 6 heteroatoms. The quantitative estimate of drug-likeness (QED) is 0.396. The van der Waals surface area contributed by atoms with E-state index >= 15 is 0 Å². The maximum atomic E-state index is 11.1. The van der Waals surface area contributed by atoms with Gasteiger partial charge in [0.2, 0.25) is 0 Å². The maximum absolute atomic E-state index is 11.1. The fourth-order valence-electron chi connectivity index (χ4n) is 1.34. The van der Waals surface area contributed by atoms with Crippen molar-refractivity contribution in [2.24, 2.45) is 0 Å². The zero-order chi connectivity index (χ0) is 12.5. The fraction of sp³-hybridized carbons (Fsp3) is 0.545. The van der Waals surface area contributed by atoms with Crippen molar-refractivity contribution in [2.45, 2.75) is 12.6 Å². The number of hydrogen-bond donors (Lipinski definition) is 3. The van der Waals surface area contributed by atoms with Crippen LogP contribution in [0.3, 0.4) is 0 Å². The van der Waals surface area contributed by atoms with Crippen LogP contribution in [0.15, 0.2) is 29.8 Å². The van der Waals surface area contributed by atoms with Gasteiger partial charge in [0.15, 0.2) is 0 Å². The molecule has 0 saturated heterocycles. The van der Waals surface area contributed by atoms with E-state index in [0.717, 1.165) is 0 Å². The second kappa shape index (κ2) is 7.83. The van der Waals surface area contributed by atoms with Gasteiger partial charge in [0, 0.05) is 32.0 Å². The van der Waals surface area contributed by atoms with Crippen LogP contribution in [0.25, 0.3) is 0 Å². The summed E-state index contributed by atoms with van der Waals surface area (Å²) in [4.78, 5) is 13.7. The molecule has 1 heterocycles. The van der Waals surface area contributed by atoms with E-state index in [-0.39, 0.29) is 12.3 Å². The molecule has 0 amide bonds. The van der Waals surface area contributed by atoms with Gasteiger partial charge in [-0.1, -0.05) is 6.08 Å². The van der Waals surface area contributed by atoms with E-state index in [9.17, 15) is 9.90 Å². The highest BCUT2D eigenvalue weighted by atomic mass is 16.5. The number of imidazole rings is 1. The largest absolute Gasteiger partial charge is 0.389 e. The molecule has 0 aliphatic rings. The lowest BCUT2D eigenvalue weighted by Gasteiger charge is -2.11. The summed E-state index contributed by atoms with van der Waals surface area (Å²) in [6.07, 6.45) is 4.38. The van der Waals surface area contributed by atoms with Gasteiger partial charge in [-0.15, -0.1) is 6.58 Å². The Morgan fingerprint density at radius 1 is 1.71 bits per heavy atom. The molecule has 17 heavy (non-hydrogen) atoms. The Bertz CT molecular complexity index is 372. The molecule has 6 nitrogen and oxygen atoms in total. The van der Waals surface area contributed by atoms with Crippen molar-refractivity contribution < 1.29 is 9.84 Å². The molecule has 0 bridgehead atoms. The van der Waals surface area contributed by atoms with E-state index in [4.69, 9.17) is 4.74 Å². The summed E-state index contributed by atoms with van der Waals surface area (Å²) in [5.74, 6) is 0. The van der Waals surface area contributed by atoms with Crippen LogP contribution in [0.5, 0.6) is 0 Å². The molecule has 3 N–H and O–H groups in total. The molecular weight excluding hydrogens is 222 g/mol. The molecule has 1 aromatic heterocycles. The molecule has 0 spiro atoms. The summed E-state index contributed by atoms with van der Waals surface area (Å²) in [5.41, 5.74) is -0.123. The first-order chi connectivity index (χ1) is 8.24. The molecule has 0 fully saturated rings. The average molecular weight is 241 g/mol. The number of ether oxygens (including phenoxy) is 1. The zero-order valence-corrected chi connectivity index (χ0v) is 9.76. The third-order valence-corrected chi connectivity index (χ3v) is 2.18. The van der Waals surface area contributed by atoms with Crippen molar-refractivity contribution in [3.63, 3.8) is 0 Å². The summed E-state index contributed by atoms with van der Waals surface area (Å²) in [6.45, 7) is 5.87. The molecule has 0 aliphatic carbocycles. The van der Waals surface area contributed by atoms with Crippen molar-refractivity contribution in [3.8, 4) is 0 Å². The Labute approximate surface area is 99.9 Å². The average Bonchev–Trinajstić information content (AvgIpc) is 2.71. The van der Waals surface area contributed by atoms with Gasteiger partial charge in [0.25, 0.3) is 0 Å². The number of nitrogens with one attached hydrogen (secondary N) is 2. The van der Waals surface area contributed by atoms with Crippen molar-refractivity contribution in [1.29, 1.82) is 0 Å². The number of rotatable bonds is 9. The molecule has 96 valence electrons. The minimum atomic E-state index is -0.544. The van der Waals surface area contributed by atoms with Crippen molar-refractivity contribution in [3.05, 3.63) is 35.5 Å². The monoisotopic (exact) mass is 241 g/mol. The van der Waals surface area contributed by atoms with Crippen LogP contribution >= 0.6 is 0 Å². The third kappa shape index (κ3) is 5.48. The molecule has 1 aromatic rings. The second-order valence-electron chi connectivity index (χ2n) is 3.64. The third-order valence-electron chi connectivity index (χ3n) is 2.18. The highest BCUT2D eigenvalue weighted by Crippen LogP contribution is 1.84. The molecule has 0 aliphatic heterocycles. The molecule has 1 atom stereocenters. The highest BCUT2D eigenvalue weighted by molar-refractivity contribution is 4.76. The molecule has 0 saturated carbocycles. The molecule has 1 rings (SSSR count). The van der Waals surface area contributed by atoms with Crippen LogP contribution in [0, 0.1) is 0 Å². The van der Waals surface area contributed by atoms with Gasteiger partial charge < -0.3 is 20.1 Å². The SMILES string of the molecule is C=CCOCC(O)CNCCn1cc[nH]c1=O. The number of H-pyrrole nitrogens is 1. The smallest absolute Gasteiger partial charge is 0.325 e. The fourth-order valence-corrected chi connectivity index (χ4v) is 1.34. The van der Waals surface area contributed by atoms with E-state index in [1.807, 2.05) is 0 Å². The summed E-state index contributed by atoms with van der Waals surface area (Å²) in [7, 11) is 0. The first-order valence-electron chi connectivity index (χ1n) is 5.55. The van der Waals surface area contributed by atoms with Crippen LogP contribution in [0.1, 0.15) is 0 Å². The first-order valence-corrected chi connectivity index (χ1v) is 5.55. The van der Waals surface area contributed by atoms with Crippen LogP contribution < -0.4 is 11.0 Å². The van der Waals surface area contributed by atoms with Gasteiger partial charge in [0.1, 0.15) is 0 Å². The number of aliphatic hydroxyl groups is 1. The molecule has 0 radical (unpaired) electrons. The van der Waals surface area contributed by atoms with Crippen molar-refractivity contribution >= 4 is 0 Å². The van der Waals surface area contributed by atoms with Crippen molar-refractivity contribution in [1.82, 2.24) is 14.9 Å². The van der Waals surface area contributed by atoms with Crippen LogP contribution in [-0.4, -0.2) is 47.1 Å². The second-order valence-corrected chi connectivity index (χ2v) is 3.64. The van der Waals surface area contributed by atoms with Gasteiger partial charge >= 0.3 is 5.69 Å². The predicted molar refractivity (Wildman–Crippen MR) is 64.9 cm³/mol. The number of hydrogen-bond acceptors (Lipinski definition) is 4. The van der Waals surface area contributed by atoms with E-state index in [0.29, 0.717) is 26.2 Å². The molecular formula is C11H19N3O3. The minimum Gasteiger partial charge on any atom is -0.389 e. The van der Waals surface area contributed by atoms with Gasteiger partial charge in [-0.3, -0.25) is 4.57 Å². The standard InChI is InChI=1S/C11H19N3O3/c1-2-7-17-9-10(15)8-12-3-5-14-6-4-13-11(14)16/h2,4,6,10,12,15H,1,3,5,7-9H2,(H,13,16). The Hall–Kier alpha value is -1.37. The van der Waals surface area contributed by atoms with E-state index in [2.05, 4.69) is 16.9 Å². The lowest BCUT2D eigenvalue weighted by atomic mass is 10.4. The van der Waals surface area contributed by atoms with Crippen LogP contribution in [0.2, 0.25) is 0 Å². The predicted octanol–water partition coefficient (Wildman–Crippen LogP) is -0.670. The summed E-state index contributed by atoms with van der Waals surface area (Å²) < 4.78 is 6.66. The molecule has 1 unspecified atom stereocenters. The Balaban J connectivity index is 2.06. The van der Waals surface area contributed by atoms with E-state index in [1.54, 1.807) is 23.0 Å². The Morgan fingerprint density at radius 3 is 3.18 bits per heavy atom. The van der Waals surface area contributed by atoms with E-state index in [1.165, 1.54) is 0 Å². The number of nitrogens with zero attached hydrogens (tertiary/aromatic N) is 1. The zero-order valence-electron chi connectivity index (χ0n) is 9.76. The Morgan fingerprint density at radius 2 is 2.53 bits per heavy atom. The normalized spacial score (nSPS) is 12.5. The summed E-state index contributed by atoms with van der Waals surface area (Å²) in [5, 5.41) is 12.5. The van der Waals surface area contributed by atoms with Gasteiger partial charge in [-0.2, -0.15) is 0 Å².